The van der Waals surface area contributed by atoms with E-state index < -0.39 is 28.5 Å². The number of carbonyl (C=O) groups excluding carboxylic acids is 2. The molecule has 202 valence electrons. The Morgan fingerprint density at radius 1 is 1.11 bits per heavy atom. The molecule has 0 heterocycles. The second-order valence-electron chi connectivity index (χ2n) is 9.39. The van der Waals surface area contributed by atoms with E-state index >= 15 is 0 Å². The van der Waals surface area contributed by atoms with Crippen LogP contribution in [0.5, 0.6) is 5.75 Å². The molecule has 1 fully saturated rings. The Morgan fingerprint density at radius 2 is 1.78 bits per heavy atom. The average molecular weight is 595 g/mol. The van der Waals surface area contributed by atoms with Gasteiger partial charge in [-0.3, -0.25) is 13.9 Å². The van der Waals surface area contributed by atoms with Crippen LogP contribution in [0.1, 0.15) is 51.0 Å². The Hall–Kier alpha value is -2.59. The van der Waals surface area contributed by atoms with Crippen molar-refractivity contribution in [3.63, 3.8) is 0 Å². The van der Waals surface area contributed by atoms with E-state index in [1.165, 1.54) is 11.3 Å². The minimum absolute atomic E-state index is 0.0966. The molecule has 2 aromatic carbocycles. The second kappa shape index (κ2) is 13.3. The molecule has 2 aromatic rings. The van der Waals surface area contributed by atoms with Crippen molar-refractivity contribution in [3.8, 4) is 5.75 Å². The molecular weight excluding hydrogens is 558 g/mol. The molecule has 1 N–H and O–H groups in total. The maximum absolute atomic E-state index is 13.8. The van der Waals surface area contributed by atoms with E-state index in [2.05, 4.69) is 21.2 Å². The number of halogens is 1. The van der Waals surface area contributed by atoms with E-state index in [1.807, 2.05) is 31.2 Å². The summed E-state index contributed by atoms with van der Waals surface area (Å²) in [6, 6.07) is 13.4. The fraction of sp³-hybridized carbons (Fsp3) is 0.481. The van der Waals surface area contributed by atoms with Crippen molar-refractivity contribution in [3.05, 3.63) is 58.6 Å². The van der Waals surface area contributed by atoms with Crippen molar-refractivity contribution in [1.29, 1.82) is 0 Å². The summed E-state index contributed by atoms with van der Waals surface area (Å²) in [5, 5.41) is 3.14. The Morgan fingerprint density at radius 3 is 2.38 bits per heavy atom. The highest BCUT2D eigenvalue weighted by Crippen LogP contribution is 2.23. The van der Waals surface area contributed by atoms with Crippen LogP contribution >= 0.6 is 15.9 Å². The summed E-state index contributed by atoms with van der Waals surface area (Å²) in [5.41, 5.74) is 1.16. The van der Waals surface area contributed by atoms with Gasteiger partial charge in [0, 0.05) is 17.1 Å². The summed E-state index contributed by atoms with van der Waals surface area (Å²) in [5.74, 6) is -0.0285. The van der Waals surface area contributed by atoms with Crippen LogP contribution in [0.3, 0.4) is 0 Å². The van der Waals surface area contributed by atoms with E-state index in [4.69, 9.17) is 4.74 Å². The molecule has 1 atom stereocenters. The van der Waals surface area contributed by atoms with Crippen molar-refractivity contribution in [2.45, 2.75) is 64.1 Å². The molecule has 37 heavy (non-hydrogen) atoms. The smallest absolute Gasteiger partial charge is 0.244 e. The Bertz CT molecular complexity index is 1170. The minimum Gasteiger partial charge on any atom is -0.497 e. The van der Waals surface area contributed by atoms with Crippen molar-refractivity contribution in [1.82, 2.24) is 10.2 Å². The van der Waals surface area contributed by atoms with Crippen molar-refractivity contribution in [2.24, 2.45) is 0 Å². The molecule has 0 spiro atoms. The summed E-state index contributed by atoms with van der Waals surface area (Å²) in [6.07, 6.45) is 6.64. The highest BCUT2D eigenvalue weighted by molar-refractivity contribution is 9.10. The fourth-order valence-corrected chi connectivity index (χ4v) is 5.77. The molecule has 0 unspecified atom stereocenters. The van der Waals surface area contributed by atoms with Crippen LogP contribution in [0.15, 0.2) is 53.0 Å². The van der Waals surface area contributed by atoms with Gasteiger partial charge in [0.15, 0.2) is 0 Å². The highest BCUT2D eigenvalue weighted by atomic mass is 79.9. The summed E-state index contributed by atoms with van der Waals surface area (Å²) in [4.78, 5) is 28.7. The predicted molar refractivity (Wildman–Crippen MR) is 149 cm³/mol. The zero-order chi connectivity index (χ0) is 27.0. The molecule has 0 aliphatic heterocycles. The minimum atomic E-state index is -3.77. The first kappa shape index (κ1) is 29.0. The van der Waals surface area contributed by atoms with Gasteiger partial charge >= 0.3 is 0 Å². The number of nitrogens with one attached hydrogen (secondary N) is 1. The number of benzene rings is 2. The Kier molecular flexibility index (Phi) is 10.4. The van der Waals surface area contributed by atoms with Gasteiger partial charge in [-0.1, -0.05) is 54.2 Å². The maximum atomic E-state index is 13.8. The number of amides is 2. The van der Waals surface area contributed by atoms with Gasteiger partial charge in [-0.2, -0.15) is 0 Å². The topological polar surface area (TPSA) is 96.0 Å². The van der Waals surface area contributed by atoms with Crippen LogP contribution in [-0.2, 0) is 26.2 Å². The van der Waals surface area contributed by atoms with Crippen molar-refractivity contribution in [2.75, 3.05) is 24.2 Å². The number of ether oxygens (including phenoxy) is 1. The maximum Gasteiger partial charge on any atom is 0.244 e. The number of rotatable bonds is 11. The van der Waals surface area contributed by atoms with E-state index in [0.717, 1.165) is 46.3 Å². The number of methoxy groups -OCH3 is 1. The second-order valence-corrected chi connectivity index (χ2v) is 12.2. The Labute approximate surface area is 228 Å². The number of sulfonamides is 1. The number of hydrogen-bond acceptors (Lipinski definition) is 5. The molecule has 0 bridgehead atoms. The lowest BCUT2D eigenvalue weighted by Gasteiger charge is -2.34. The number of anilines is 1. The summed E-state index contributed by atoms with van der Waals surface area (Å²) >= 11 is 3.36. The highest BCUT2D eigenvalue weighted by Gasteiger charge is 2.32. The Balaban J connectivity index is 1.92. The van der Waals surface area contributed by atoms with Crippen LogP contribution in [-0.4, -0.2) is 57.1 Å². The molecule has 1 aliphatic rings. The third-order valence-corrected chi connectivity index (χ3v) is 8.29. The lowest BCUT2D eigenvalue weighted by molar-refractivity contribution is -0.140. The van der Waals surface area contributed by atoms with Gasteiger partial charge in [0.1, 0.15) is 18.3 Å². The first-order valence-corrected chi connectivity index (χ1v) is 15.2. The third kappa shape index (κ3) is 8.20. The molecule has 1 saturated carbocycles. The molecule has 2 amide bonds. The first-order valence-electron chi connectivity index (χ1n) is 12.6. The van der Waals surface area contributed by atoms with E-state index in [0.29, 0.717) is 17.9 Å². The number of hydrogen-bond donors (Lipinski definition) is 1. The molecule has 0 aromatic heterocycles. The first-order chi connectivity index (χ1) is 17.6. The van der Waals surface area contributed by atoms with Gasteiger partial charge in [-0.05, 0) is 61.2 Å². The van der Waals surface area contributed by atoms with Crippen LogP contribution in [0.25, 0.3) is 0 Å². The summed E-state index contributed by atoms with van der Waals surface area (Å²) < 4.78 is 32.6. The average Bonchev–Trinajstić information content (AvgIpc) is 2.87. The number of carbonyl (C=O) groups is 2. The quantitative estimate of drug-likeness (QED) is 0.414. The van der Waals surface area contributed by atoms with E-state index in [1.54, 1.807) is 31.4 Å². The fourth-order valence-electron chi connectivity index (χ4n) is 4.65. The largest absolute Gasteiger partial charge is 0.497 e. The van der Waals surface area contributed by atoms with E-state index in [-0.39, 0.29) is 18.5 Å². The van der Waals surface area contributed by atoms with Gasteiger partial charge in [0.05, 0.1) is 19.1 Å². The van der Waals surface area contributed by atoms with Crippen molar-refractivity contribution < 1.29 is 22.7 Å². The van der Waals surface area contributed by atoms with Crippen molar-refractivity contribution >= 4 is 43.5 Å². The molecular formula is C27H36BrN3O5S. The molecule has 0 radical (unpaired) electrons. The van der Waals surface area contributed by atoms with Gasteiger partial charge in [0.25, 0.3) is 0 Å². The molecule has 8 nitrogen and oxygen atoms in total. The van der Waals surface area contributed by atoms with Crippen LogP contribution in [0, 0.1) is 0 Å². The van der Waals surface area contributed by atoms with Crippen LogP contribution in [0.2, 0.25) is 0 Å². The molecule has 10 heteroatoms. The van der Waals surface area contributed by atoms with E-state index in [9.17, 15) is 18.0 Å². The lowest BCUT2D eigenvalue weighted by Crippen LogP contribution is -2.53. The monoisotopic (exact) mass is 593 g/mol. The summed E-state index contributed by atoms with van der Waals surface area (Å²) in [7, 11) is -2.20. The van der Waals surface area contributed by atoms with Gasteiger partial charge < -0.3 is 15.0 Å². The molecule has 3 rings (SSSR count). The van der Waals surface area contributed by atoms with Gasteiger partial charge in [-0.25, -0.2) is 8.42 Å². The molecule has 0 saturated heterocycles. The van der Waals surface area contributed by atoms with Crippen LogP contribution in [0.4, 0.5) is 5.69 Å². The normalized spacial score (nSPS) is 15.0. The summed E-state index contributed by atoms with van der Waals surface area (Å²) in [6.45, 7) is 1.59. The lowest BCUT2D eigenvalue weighted by atomic mass is 9.95. The zero-order valence-corrected chi connectivity index (χ0v) is 24.1. The standard InChI is InChI=1S/C27H36BrN3O5S/c1-4-25(27(33)29-22-10-6-5-7-11-22)30(18-20-9-8-12-24(17-20)36-2)26(32)19-31(37(3,34)35)23-15-13-21(28)14-16-23/h8-9,12-17,22,25H,4-7,10-11,18-19H2,1-3H3,(H,29,33)/t25-/m1/s1. The predicted octanol–water partition coefficient (Wildman–Crippen LogP) is 4.48. The number of nitrogens with zero attached hydrogens (tertiary/aromatic N) is 2. The van der Waals surface area contributed by atoms with Gasteiger partial charge in [0.2, 0.25) is 21.8 Å². The molecule has 1 aliphatic carbocycles. The zero-order valence-electron chi connectivity index (χ0n) is 21.7. The third-order valence-electron chi connectivity index (χ3n) is 6.62. The van der Waals surface area contributed by atoms with Gasteiger partial charge in [-0.15, -0.1) is 0 Å². The SMILES string of the molecule is CC[C@H](C(=O)NC1CCCCC1)N(Cc1cccc(OC)c1)C(=O)CN(c1ccc(Br)cc1)S(C)(=O)=O. The van der Waals surface area contributed by atoms with Crippen LogP contribution < -0.4 is 14.4 Å².